The van der Waals surface area contributed by atoms with Gasteiger partial charge >= 0.3 is 0 Å². The van der Waals surface area contributed by atoms with Crippen LogP contribution in [0.4, 0.5) is 5.82 Å². The van der Waals surface area contributed by atoms with Gasteiger partial charge in [-0.25, -0.2) is 18.4 Å². The first kappa shape index (κ1) is 16.1. The minimum atomic E-state index is -3.20. The summed E-state index contributed by atoms with van der Waals surface area (Å²) in [6.07, 6.45) is 2.79. The second-order valence-corrected chi connectivity index (χ2v) is 7.39. The topological polar surface area (TPSA) is 75.6 Å². The number of hydrogen-bond donors (Lipinski definition) is 0. The average Bonchev–Trinajstić information content (AvgIpc) is 2.61. The van der Waals surface area contributed by atoms with E-state index in [-0.39, 0.29) is 5.92 Å². The summed E-state index contributed by atoms with van der Waals surface area (Å²) in [4.78, 5) is 10.5. The lowest BCUT2D eigenvalue weighted by molar-refractivity contribution is 0.147. The van der Waals surface area contributed by atoms with E-state index in [1.54, 1.807) is 7.11 Å². The molecule has 0 radical (unpaired) electrons. The van der Waals surface area contributed by atoms with Crippen LogP contribution in [0.25, 0.3) is 0 Å². The minimum Gasteiger partial charge on any atom is -0.384 e. The standard InChI is InChI=1S/C13H22N4O3S/c1-11-6-13(15-10-14-11)16-4-5-17(21(3,18)19)8-12(7-16)9-20-2/h6,10,12H,4-5,7-9H2,1-3H3/t12-/m0/s1. The monoisotopic (exact) mass is 314 g/mol. The van der Waals surface area contributed by atoms with Crippen molar-refractivity contribution in [2.45, 2.75) is 6.92 Å². The molecule has 1 aromatic heterocycles. The van der Waals surface area contributed by atoms with Crippen LogP contribution in [0.5, 0.6) is 0 Å². The van der Waals surface area contributed by atoms with E-state index < -0.39 is 10.0 Å². The molecule has 2 heterocycles. The summed E-state index contributed by atoms with van der Waals surface area (Å²) < 4.78 is 30.4. The van der Waals surface area contributed by atoms with Crippen molar-refractivity contribution < 1.29 is 13.2 Å². The van der Waals surface area contributed by atoms with Crippen molar-refractivity contribution in [3.63, 3.8) is 0 Å². The van der Waals surface area contributed by atoms with Crippen molar-refractivity contribution in [1.82, 2.24) is 14.3 Å². The number of methoxy groups -OCH3 is 1. The molecular formula is C13H22N4O3S. The summed E-state index contributed by atoms with van der Waals surface area (Å²) in [5.74, 6) is 0.946. The Morgan fingerprint density at radius 2 is 2.10 bits per heavy atom. The molecule has 0 saturated carbocycles. The highest BCUT2D eigenvalue weighted by Crippen LogP contribution is 2.18. The van der Waals surface area contributed by atoms with Gasteiger partial charge in [0.25, 0.3) is 0 Å². The van der Waals surface area contributed by atoms with Gasteiger partial charge in [-0.1, -0.05) is 0 Å². The Hall–Kier alpha value is -1.25. The normalized spacial score (nSPS) is 21.3. The number of anilines is 1. The lowest BCUT2D eigenvalue weighted by Gasteiger charge is -2.24. The number of sulfonamides is 1. The molecule has 1 aliphatic heterocycles. The molecule has 1 atom stereocenters. The van der Waals surface area contributed by atoms with Gasteiger partial charge in [-0.05, 0) is 6.92 Å². The van der Waals surface area contributed by atoms with Crippen LogP contribution < -0.4 is 4.90 Å². The van der Waals surface area contributed by atoms with Gasteiger partial charge in [0.2, 0.25) is 10.0 Å². The van der Waals surface area contributed by atoms with E-state index >= 15 is 0 Å². The molecule has 0 N–H and O–H groups in total. The van der Waals surface area contributed by atoms with Gasteiger partial charge in [-0.2, -0.15) is 4.31 Å². The van der Waals surface area contributed by atoms with E-state index in [1.165, 1.54) is 16.9 Å². The number of hydrogen-bond acceptors (Lipinski definition) is 6. The molecule has 1 aliphatic rings. The van der Waals surface area contributed by atoms with E-state index in [4.69, 9.17) is 4.74 Å². The Labute approximate surface area is 126 Å². The van der Waals surface area contributed by atoms with Gasteiger partial charge in [-0.15, -0.1) is 0 Å². The van der Waals surface area contributed by atoms with E-state index in [0.717, 1.165) is 18.1 Å². The van der Waals surface area contributed by atoms with Gasteiger partial charge in [0, 0.05) is 51.0 Å². The van der Waals surface area contributed by atoms with E-state index in [2.05, 4.69) is 14.9 Å². The molecular weight excluding hydrogens is 292 g/mol. The second kappa shape index (κ2) is 6.67. The molecule has 1 fully saturated rings. The van der Waals surface area contributed by atoms with Crippen molar-refractivity contribution in [1.29, 1.82) is 0 Å². The fourth-order valence-corrected chi connectivity index (χ4v) is 3.43. The maximum Gasteiger partial charge on any atom is 0.211 e. The van der Waals surface area contributed by atoms with Crippen LogP contribution in [0.3, 0.4) is 0 Å². The van der Waals surface area contributed by atoms with Crippen LogP contribution in [-0.2, 0) is 14.8 Å². The summed E-state index contributed by atoms with van der Waals surface area (Å²) in [6, 6.07) is 1.92. The van der Waals surface area contributed by atoms with Crippen LogP contribution >= 0.6 is 0 Å². The maximum absolute atomic E-state index is 11.8. The maximum atomic E-state index is 11.8. The smallest absolute Gasteiger partial charge is 0.211 e. The van der Waals surface area contributed by atoms with Crippen LogP contribution in [0.15, 0.2) is 12.4 Å². The number of rotatable bonds is 4. The Morgan fingerprint density at radius 3 is 2.71 bits per heavy atom. The molecule has 0 amide bonds. The van der Waals surface area contributed by atoms with Gasteiger partial charge in [0.15, 0.2) is 0 Å². The van der Waals surface area contributed by atoms with Crippen LogP contribution in [-0.4, -0.2) is 68.8 Å². The van der Waals surface area contributed by atoms with Gasteiger partial charge in [-0.3, -0.25) is 0 Å². The fraction of sp³-hybridized carbons (Fsp3) is 0.692. The second-order valence-electron chi connectivity index (χ2n) is 5.41. The minimum absolute atomic E-state index is 0.113. The van der Waals surface area contributed by atoms with E-state index in [1.807, 2.05) is 13.0 Å². The molecule has 2 rings (SSSR count). The number of ether oxygens (including phenoxy) is 1. The van der Waals surface area contributed by atoms with Crippen molar-refractivity contribution in [3.8, 4) is 0 Å². The first-order valence-electron chi connectivity index (χ1n) is 6.88. The van der Waals surface area contributed by atoms with E-state index in [9.17, 15) is 8.42 Å². The fourth-order valence-electron chi connectivity index (χ4n) is 2.54. The Bertz CT molecular complexity index is 579. The summed E-state index contributed by atoms with van der Waals surface area (Å²) >= 11 is 0. The zero-order valence-electron chi connectivity index (χ0n) is 12.7. The summed E-state index contributed by atoms with van der Waals surface area (Å²) in [6.45, 7) is 4.71. The Morgan fingerprint density at radius 1 is 1.33 bits per heavy atom. The van der Waals surface area contributed by atoms with Crippen molar-refractivity contribution in [2.75, 3.05) is 51.1 Å². The van der Waals surface area contributed by atoms with Crippen molar-refractivity contribution in [2.24, 2.45) is 5.92 Å². The molecule has 7 nitrogen and oxygen atoms in total. The third-order valence-electron chi connectivity index (χ3n) is 3.54. The summed E-state index contributed by atoms with van der Waals surface area (Å²) in [5.41, 5.74) is 0.896. The molecule has 0 aromatic carbocycles. The third-order valence-corrected chi connectivity index (χ3v) is 4.81. The molecule has 21 heavy (non-hydrogen) atoms. The molecule has 0 spiro atoms. The Kier molecular flexibility index (Phi) is 5.13. The summed E-state index contributed by atoms with van der Waals surface area (Å²) in [7, 11) is -1.56. The average molecular weight is 314 g/mol. The Balaban J connectivity index is 2.21. The first-order chi connectivity index (χ1) is 9.90. The molecule has 8 heteroatoms. The van der Waals surface area contributed by atoms with Crippen molar-refractivity contribution in [3.05, 3.63) is 18.1 Å². The van der Waals surface area contributed by atoms with Crippen LogP contribution in [0.2, 0.25) is 0 Å². The predicted molar refractivity (Wildman–Crippen MR) is 80.8 cm³/mol. The van der Waals surface area contributed by atoms with Crippen LogP contribution in [0.1, 0.15) is 5.69 Å². The zero-order valence-corrected chi connectivity index (χ0v) is 13.5. The molecule has 0 unspecified atom stereocenters. The molecule has 1 aromatic rings. The van der Waals surface area contributed by atoms with Gasteiger partial charge in [0.1, 0.15) is 12.1 Å². The molecule has 0 aliphatic carbocycles. The number of aromatic nitrogens is 2. The predicted octanol–water partition coefficient (Wildman–Crippen LogP) is 0.129. The highest BCUT2D eigenvalue weighted by Gasteiger charge is 2.28. The highest BCUT2D eigenvalue weighted by molar-refractivity contribution is 7.88. The largest absolute Gasteiger partial charge is 0.384 e. The molecule has 1 saturated heterocycles. The zero-order chi connectivity index (χ0) is 15.5. The lowest BCUT2D eigenvalue weighted by Crippen LogP contribution is -2.36. The van der Waals surface area contributed by atoms with E-state index in [0.29, 0.717) is 26.2 Å². The van der Waals surface area contributed by atoms with Gasteiger partial charge < -0.3 is 9.64 Å². The number of aryl methyl sites for hydroxylation is 1. The molecule has 118 valence electrons. The third kappa shape index (κ3) is 4.36. The van der Waals surface area contributed by atoms with Crippen LogP contribution in [0, 0.1) is 12.8 Å². The SMILES string of the molecule is COC[C@H]1CN(c2cc(C)ncn2)CCN(S(C)(=O)=O)C1. The quantitative estimate of drug-likeness (QED) is 0.786. The first-order valence-corrected chi connectivity index (χ1v) is 8.72. The lowest BCUT2D eigenvalue weighted by atomic mass is 10.1. The molecule has 0 bridgehead atoms. The summed E-state index contributed by atoms with van der Waals surface area (Å²) in [5, 5.41) is 0. The van der Waals surface area contributed by atoms with Crippen molar-refractivity contribution >= 4 is 15.8 Å². The number of nitrogens with zero attached hydrogens (tertiary/aromatic N) is 4. The van der Waals surface area contributed by atoms with Gasteiger partial charge in [0.05, 0.1) is 12.9 Å². The highest BCUT2D eigenvalue weighted by atomic mass is 32.2.